The fourth-order valence-electron chi connectivity index (χ4n) is 3.99. The monoisotopic (exact) mass is 486 g/mol. The first-order chi connectivity index (χ1) is 15.9. The summed E-state index contributed by atoms with van der Waals surface area (Å²) in [4.78, 5) is 24.0. The second-order valence-electron chi connectivity index (χ2n) is 8.23. The fraction of sp³-hybridized carbons (Fsp3) is 0.259. The number of Topliss-reactive ketones (excluding diaryl/α,β-unsaturated/α-hetero) is 1. The summed E-state index contributed by atoms with van der Waals surface area (Å²) >= 11 is 6.34. The molecule has 3 aromatic rings. The van der Waals surface area contributed by atoms with E-state index < -0.39 is 11.9 Å². The van der Waals surface area contributed by atoms with Crippen LogP contribution in [0.15, 0.2) is 66.7 Å². The quantitative estimate of drug-likeness (QED) is 0.361. The maximum Gasteiger partial charge on any atom is 1.00 e. The molecule has 0 fully saturated rings. The van der Waals surface area contributed by atoms with Crippen LogP contribution in [0, 0.1) is 0 Å². The number of aliphatic carboxylic acids is 1. The first kappa shape index (κ1) is 26.3. The molecule has 1 unspecified atom stereocenters. The minimum atomic E-state index is -1.15. The third kappa shape index (κ3) is 6.22. The summed E-state index contributed by atoms with van der Waals surface area (Å²) < 4.78 is 11.5. The van der Waals surface area contributed by atoms with Crippen molar-refractivity contribution in [3.63, 3.8) is 0 Å². The van der Waals surface area contributed by atoms with Crippen LogP contribution in [0.5, 0.6) is 17.2 Å². The zero-order valence-corrected chi connectivity index (χ0v) is 22.0. The van der Waals surface area contributed by atoms with Gasteiger partial charge in [0.2, 0.25) is 0 Å². The van der Waals surface area contributed by atoms with E-state index in [1.54, 1.807) is 36.4 Å². The van der Waals surface area contributed by atoms with Crippen LogP contribution in [0.25, 0.3) is 0 Å². The summed E-state index contributed by atoms with van der Waals surface area (Å²) in [6.45, 7) is 2.41. The molecule has 5 nitrogen and oxygen atoms in total. The average molecular weight is 487 g/mol. The van der Waals surface area contributed by atoms with Crippen molar-refractivity contribution < 1.29 is 53.7 Å². The molecule has 34 heavy (non-hydrogen) atoms. The minimum absolute atomic E-state index is 0. The van der Waals surface area contributed by atoms with E-state index in [0.717, 1.165) is 6.42 Å². The van der Waals surface area contributed by atoms with Crippen LogP contribution in [-0.4, -0.2) is 18.4 Å². The van der Waals surface area contributed by atoms with Crippen molar-refractivity contribution in [2.24, 2.45) is 0 Å². The summed E-state index contributed by atoms with van der Waals surface area (Å²) in [5.41, 5.74) is 2.34. The van der Waals surface area contributed by atoms with Gasteiger partial charge in [-0.05, 0) is 54.7 Å². The van der Waals surface area contributed by atoms with Gasteiger partial charge in [0.15, 0.2) is 5.78 Å². The molecule has 0 saturated carbocycles. The topological polar surface area (TPSA) is 75.7 Å². The Bertz CT molecular complexity index is 1150. The molecule has 2 atom stereocenters. The molecule has 0 saturated heterocycles. The van der Waals surface area contributed by atoms with Crippen molar-refractivity contribution in [1.82, 2.24) is 0 Å². The van der Waals surface area contributed by atoms with Crippen LogP contribution in [0.1, 0.15) is 59.5 Å². The Hall–Kier alpha value is -2.31. The van der Waals surface area contributed by atoms with E-state index in [9.17, 15) is 14.7 Å². The summed E-state index contributed by atoms with van der Waals surface area (Å²) in [6, 6.07) is 20.2. The number of carboxylic acid groups (broad SMARTS) is 1. The van der Waals surface area contributed by atoms with E-state index in [4.69, 9.17) is 21.1 Å². The number of carbonyl (C=O) groups excluding carboxylic acids is 2. The van der Waals surface area contributed by atoms with E-state index in [2.05, 4.69) is 19.1 Å². The second-order valence-corrected chi connectivity index (χ2v) is 8.64. The van der Waals surface area contributed by atoms with Crippen molar-refractivity contribution in [1.29, 1.82) is 0 Å². The van der Waals surface area contributed by atoms with E-state index in [1.807, 2.05) is 18.2 Å². The minimum Gasteiger partial charge on any atom is -0.549 e. The van der Waals surface area contributed by atoms with Crippen LogP contribution < -0.4 is 44.1 Å². The first-order valence-corrected chi connectivity index (χ1v) is 11.3. The summed E-state index contributed by atoms with van der Waals surface area (Å²) in [6.07, 6.45) is 1.58. The number of benzene rings is 3. The molecule has 7 heteroatoms. The number of rotatable bonds is 8. The van der Waals surface area contributed by atoms with Gasteiger partial charge in [-0.25, -0.2) is 0 Å². The number of carbonyl (C=O) groups is 2. The van der Waals surface area contributed by atoms with E-state index in [-0.39, 0.29) is 47.0 Å². The maximum absolute atomic E-state index is 12.6. The number of ketones is 1. The predicted molar refractivity (Wildman–Crippen MR) is 124 cm³/mol. The largest absolute Gasteiger partial charge is 1.00 e. The Morgan fingerprint density at radius 1 is 1.12 bits per heavy atom. The van der Waals surface area contributed by atoms with Crippen LogP contribution in [0.2, 0.25) is 5.02 Å². The van der Waals surface area contributed by atoms with Gasteiger partial charge >= 0.3 is 29.6 Å². The predicted octanol–water partition coefficient (Wildman–Crippen LogP) is 2.52. The molecule has 0 radical (unpaired) electrons. The molecule has 0 aromatic heterocycles. The second kappa shape index (κ2) is 11.9. The molecule has 0 N–H and O–H groups in total. The van der Waals surface area contributed by atoms with Crippen molar-refractivity contribution in [2.75, 3.05) is 6.61 Å². The van der Waals surface area contributed by atoms with Gasteiger partial charge < -0.3 is 19.4 Å². The smallest absolute Gasteiger partial charge is 0.549 e. The van der Waals surface area contributed by atoms with Gasteiger partial charge in [0, 0.05) is 35.5 Å². The summed E-state index contributed by atoms with van der Waals surface area (Å²) in [5, 5.41) is 11.7. The molecule has 1 aliphatic rings. The number of hydrogen-bond donors (Lipinski definition) is 0. The van der Waals surface area contributed by atoms with Crippen molar-refractivity contribution in [2.45, 2.75) is 38.0 Å². The Morgan fingerprint density at radius 2 is 1.82 bits per heavy atom. The Morgan fingerprint density at radius 3 is 2.50 bits per heavy atom. The van der Waals surface area contributed by atoms with Gasteiger partial charge in [-0.15, -0.1) is 0 Å². The number of hydrogen-bond acceptors (Lipinski definition) is 5. The van der Waals surface area contributed by atoms with Gasteiger partial charge in [-0.1, -0.05) is 48.9 Å². The standard InChI is InChI=1S/C27H25ClO5.Na/c1-17(18-5-3-2-4-6-18)7-12-24(29)19-8-10-20(11-9-19)33-26-16-25-22(15-23(26)28)21(27(30)31)13-14-32-25;/h2-6,8-11,15-17,21H,7,12-14H2,1H3,(H,30,31);/q;+1/p-1/t17-,21?;/m0./s1. The number of halogens is 1. The average Bonchev–Trinajstić information content (AvgIpc) is 2.83. The Kier molecular flexibility index (Phi) is 9.20. The molecular formula is C27H24ClNaO5. The zero-order chi connectivity index (χ0) is 23.4. The number of ether oxygens (including phenoxy) is 2. The number of fused-ring (bicyclic) bond motifs is 1. The van der Waals surface area contributed by atoms with E-state index >= 15 is 0 Å². The van der Waals surface area contributed by atoms with Gasteiger partial charge in [0.05, 0.1) is 11.6 Å². The third-order valence-electron chi connectivity index (χ3n) is 5.97. The normalized spacial score (nSPS) is 15.3. The van der Waals surface area contributed by atoms with E-state index in [1.165, 1.54) is 5.56 Å². The molecule has 1 heterocycles. The van der Waals surface area contributed by atoms with Gasteiger partial charge in [-0.2, -0.15) is 0 Å². The maximum atomic E-state index is 12.6. The zero-order valence-electron chi connectivity index (χ0n) is 19.3. The van der Waals surface area contributed by atoms with Crippen molar-refractivity contribution in [3.8, 4) is 17.2 Å². The van der Waals surface area contributed by atoms with E-state index in [0.29, 0.717) is 47.1 Å². The van der Waals surface area contributed by atoms with Crippen LogP contribution in [0.3, 0.4) is 0 Å². The molecule has 0 aliphatic carbocycles. The molecule has 4 rings (SSSR count). The van der Waals surface area contributed by atoms with Gasteiger partial charge in [0.1, 0.15) is 17.2 Å². The third-order valence-corrected chi connectivity index (χ3v) is 6.26. The molecule has 170 valence electrons. The SMILES string of the molecule is C[C@@H](CCC(=O)c1ccc(Oc2cc3c(cc2Cl)C(C(=O)[O-])CCO3)cc1)c1ccccc1.[Na+]. The van der Waals surface area contributed by atoms with Crippen LogP contribution in [-0.2, 0) is 4.79 Å². The first-order valence-electron chi connectivity index (χ1n) is 11.0. The summed E-state index contributed by atoms with van der Waals surface area (Å²) in [7, 11) is 0. The molecule has 0 amide bonds. The molecule has 3 aromatic carbocycles. The summed E-state index contributed by atoms with van der Waals surface area (Å²) in [5.74, 6) is -0.226. The molecular weight excluding hydrogens is 463 g/mol. The molecule has 1 aliphatic heterocycles. The Labute approximate surface area is 226 Å². The molecule has 0 spiro atoms. The Balaban J connectivity index is 0.00000324. The fourth-order valence-corrected chi connectivity index (χ4v) is 4.20. The van der Waals surface area contributed by atoms with Gasteiger partial charge in [-0.3, -0.25) is 4.79 Å². The van der Waals surface area contributed by atoms with Crippen molar-refractivity contribution in [3.05, 3.63) is 88.4 Å². The van der Waals surface area contributed by atoms with Crippen molar-refractivity contribution >= 4 is 23.4 Å². The van der Waals surface area contributed by atoms with Crippen LogP contribution in [0.4, 0.5) is 0 Å². The van der Waals surface area contributed by atoms with Crippen LogP contribution >= 0.6 is 11.6 Å². The van der Waals surface area contributed by atoms with Gasteiger partial charge in [0.25, 0.3) is 0 Å². The molecule has 0 bridgehead atoms. The number of carboxylic acids is 1.